The lowest BCUT2D eigenvalue weighted by molar-refractivity contribution is -0.123. The first-order chi connectivity index (χ1) is 16.0. The van der Waals surface area contributed by atoms with Crippen molar-refractivity contribution in [3.63, 3.8) is 0 Å². The number of hydrogen-bond acceptors (Lipinski definition) is 6. The lowest BCUT2D eigenvalue weighted by atomic mass is 9.72. The molecule has 0 bridgehead atoms. The van der Waals surface area contributed by atoms with E-state index in [2.05, 4.69) is 10.5 Å². The number of carbonyl (C=O) groups excluding carboxylic acids is 2. The maximum atomic E-state index is 13.4. The molecule has 1 aromatic heterocycles. The van der Waals surface area contributed by atoms with Crippen molar-refractivity contribution in [1.82, 2.24) is 10.1 Å². The van der Waals surface area contributed by atoms with Gasteiger partial charge in [0, 0.05) is 18.3 Å². The molecular formula is C24H23N3O6. The number of rotatable bonds is 3. The average Bonchev–Trinajstić information content (AvgIpc) is 3.51. The molecule has 1 spiro atoms. The molecule has 2 atom stereocenters. The van der Waals surface area contributed by atoms with Gasteiger partial charge in [-0.05, 0) is 42.7 Å². The van der Waals surface area contributed by atoms with Crippen molar-refractivity contribution in [1.29, 1.82) is 0 Å². The monoisotopic (exact) mass is 449 g/mol. The van der Waals surface area contributed by atoms with Gasteiger partial charge in [-0.1, -0.05) is 35.5 Å². The van der Waals surface area contributed by atoms with Crippen LogP contribution in [-0.2, 0) is 15.0 Å². The highest BCUT2D eigenvalue weighted by molar-refractivity contribution is 6.08. The highest BCUT2D eigenvalue weighted by Crippen LogP contribution is 2.55. The van der Waals surface area contributed by atoms with Crippen molar-refractivity contribution in [2.45, 2.75) is 24.8 Å². The fraction of sp³-hybridized carbons (Fsp3) is 0.250. The van der Waals surface area contributed by atoms with Gasteiger partial charge in [-0.2, -0.15) is 0 Å². The van der Waals surface area contributed by atoms with Crippen LogP contribution < -0.4 is 10.1 Å². The van der Waals surface area contributed by atoms with Crippen LogP contribution in [0.2, 0.25) is 0 Å². The van der Waals surface area contributed by atoms with E-state index in [4.69, 9.17) is 19.2 Å². The van der Waals surface area contributed by atoms with E-state index >= 15 is 0 Å². The minimum Gasteiger partial charge on any atom is -0.497 e. The maximum absolute atomic E-state index is 13.4. The topological polar surface area (TPSA) is 122 Å². The second kappa shape index (κ2) is 8.78. The largest absolute Gasteiger partial charge is 0.497 e. The summed E-state index contributed by atoms with van der Waals surface area (Å²) in [4.78, 5) is 36.9. The molecule has 2 aliphatic heterocycles. The van der Waals surface area contributed by atoms with Gasteiger partial charge in [0.25, 0.3) is 12.4 Å². The molecule has 3 heterocycles. The Morgan fingerprint density at radius 1 is 1.27 bits per heavy atom. The summed E-state index contributed by atoms with van der Waals surface area (Å²) in [6.07, 6.45) is 0.510. The number of benzene rings is 2. The molecule has 0 saturated carbocycles. The zero-order chi connectivity index (χ0) is 23.6. The first-order valence-electron chi connectivity index (χ1n) is 10.3. The second-order valence-electron chi connectivity index (χ2n) is 7.84. The third kappa shape index (κ3) is 3.61. The van der Waals surface area contributed by atoms with E-state index in [-0.39, 0.29) is 24.0 Å². The summed E-state index contributed by atoms with van der Waals surface area (Å²) >= 11 is 0. The Morgan fingerprint density at radius 2 is 2.03 bits per heavy atom. The quantitative estimate of drug-likeness (QED) is 0.589. The zero-order valence-electron chi connectivity index (χ0n) is 18.1. The van der Waals surface area contributed by atoms with Gasteiger partial charge in [-0.25, -0.2) is 0 Å². The van der Waals surface area contributed by atoms with Crippen LogP contribution in [0.3, 0.4) is 0 Å². The van der Waals surface area contributed by atoms with Gasteiger partial charge in [0.2, 0.25) is 11.7 Å². The molecule has 9 nitrogen and oxygen atoms in total. The fourth-order valence-electron chi connectivity index (χ4n) is 4.79. The van der Waals surface area contributed by atoms with Gasteiger partial charge >= 0.3 is 0 Å². The summed E-state index contributed by atoms with van der Waals surface area (Å²) in [5.74, 6) is 0.464. The molecule has 3 aromatic rings. The van der Waals surface area contributed by atoms with E-state index in [0.29, 0.717) is 24.4 Å². The molecule has 0 aliphatic carbocycles. The number of methoxy groups -OCH3 is 1. The third-order valence-corrected chi connectivity index (χ3v) is 6.10. The summed E-state index contributed by atoms with van der Waals surface area (Å²) < 4.78 is 10.7. The molecule has 0 unspecified atom stereocenters. The number of fused-ring (bicyclic) bond motifs is 2. The normalized spacial score (nSPS) is 20.6. The Balaban J connectivity index is 0.000000821. The molecule has 2 aliphatic rings. The summed E-state index contributed by atoms with van der Waals surface area (Å²) in [5, 5.41) is 13.8. The lowest BCUT2D eigenvalue weighted by Gasteiger charge is -2.34. The van der Waals surface area contributed by atoms with E-state index in [1.807, 2.05) is 48.5 Å². The van der Waals surface area contributed by atoms with Gasteiger partial charge in [0.05, 0.1) is 18.8 Å². The average molecular weight is 449 g/mol. The highest BCUT2D eigenvalue weighted by atomic mass is 16.5. The van der Waals surface area contributed by atoms with Crippen molar-refractivity contribution in [3.05, 3.63) is 77.2 Å². The van der Waals surface area contributed by atoms with Crippen LogP contribution >= 0.6 is 0 Å². The van der Waals surface area contributed by atoms with E-state index in [1.165, 1.54) is 0 Å². The first kappa shape index (κ1) is 22.1. The predicted octanol–water partition coefficient (Wildman–Crippen LogP) is 3.17. The van der Waals surface area contributed by atoms with E-state index < -0.39 is 11.5 Å². The summed E-state index contributed by atoms with van der Waals surface area (Å²) in [7, 11) is 1.60. The van der Waals surface area contributed by atoms with Crippen LogP contribution in [-0.4, -0.2) is 47.1 Å². The number of nitrogens with one attached hydrogen (secondary N) is 1. The van der Waals surface area contributed by atoms with Gasteiger partial charge < -0.3 is 24.6 Å². The number of anilines is 1. The smallest absolute Gasteiger partial charge is 0.293 e. The predicted molar refractivity (Wildman–Crippen MR) is 118 cm³/mol. The van der Waals surface area contributed by atoms with Gasteiger partial charge in [-0.3, -0.25) is 14.4 Å². The summed E-state index contributed by atoms with van der Waals surface area (Å²) in [5.41, 5.74) is 2.29. The van der Waals surface area contributed by atoms with Crippen molar-refractivity contribution in [3.8, 4) is 5.75 Å². The van der Waals surface area contributed by atoms with Gasteiger partial charge in [-0.15, -0.1) is 0 Å². The van der Waals surface area contributed by atoms with Crippen LogP contribution in [0.15, 0.2) is 59.1 Å². The molecule has 2 N–H and O–H groups in total. The zero-order valence-corrected chi connectivity index (χ0v) is 18.1. The number of carbonyl (C=O) groups is 3. The molecule has 2 aromatic carbocycles. The maximum Gasteiger partial charge on any atom is 0.293 e. The number of para-hydroxylation sites is 1. The summed E-state index contributed by atoms with van der Waals surface area (Å²) in [6, 6.07) is 16.3. The van der Waals surface area contributed by atoms with Crippen LogP contribution in [0.25, 0.3) is 0 Å². The standard InChI is InChI=1S/C23H21N3O4.CH2O2/c1-14-12-19(30-25-14)21(27)26-11-10-23(17-8-3-4-9-18(17)24-22(23)28)20(26)15-6-5-7-16(13-15)29-2;2-1-3/h3-9,12-13,20H,10-11H2,1-2H3,(H,24,28);1H,(H,2,3)/t20-,23+;/m0./s1. The number of aryl methyl sites for hydroxylation is 1. The number of aromatic nitrogens is 1. The second-order valence-corrected chi connectivity index (χ2v) is 7.84. The molecule has 9 heteroatoms. The van der Waals surface area contributed by atoms with Crippen molar-refractivity contribution < 1.29 is 28.8 Å². The number of likely N-dealkylation sites (tertiary alicyclic amines) is 1. The Hall–Kier alpha value is -4.14. The molecule has 1 saturated heterocycles. The molecular weight excluding hydrogens is 426 g/mol. The number of nitrogens with zero attached hydrogens (tertiary/aromatic N) is 2. The van der Waals surface area contributed by atoms with E-state index in [9.17, 15) is 9.59 Å². The SMILES string of the molecule is COc1cccc([C@@H]2N(C(=O)c3cc(C)no3)CC[C@]23C(=O)Nc2ccccc23)c1.O=CO. The van der Waals surface area contributed by atoms with Crippen LogP contribution in [0.5, 0.6) is 5.75 Å². The molecule has 1 fully saturated rings. The van der Waals surface area contributed by atoms with Crippen molar-refractivity contribution in [2.75, 3.05) is 19.0 Å². The van der Waals surface area contributed by atoms with Crippen LogP contribution in [0, 0.1) is 6.92 Å². The van der Waals surface area contributed by atoms with Gasteiger partial charge in [0.1, 0.15) is 11.2 Å². The molecule has 0 radical (unpaired) electrons. The molecule has 33 heavy (non-hydrogen) atoms. The Labute approximate surface area is 189 Å². The van der Waals surface area contributed by atoms with Crippen molar-refractivity contribution in [2.24, 2.45) is 0 Å². The Morgan fingerprint density at radius 3 is 2.73 bits per heavy atom. The highest BCUT2D eigenvalue weighted by Gasteiger charge is 2.59. The first-order valence-corrected chi connectivity index (χ1v) is 10.3. The lowest BCUT2D eigenvalue weighted by Crippen LogP contribution is -2.42. The Bertz CT molecular complexity index is 1210. The summed E-state index contributed by atoms with van der Waals surface area (Å²) in [6.45, 7) is 1.94. The van der Waals surface area contributed by atoms with Crippen molar-refractivity contribution >= 4 is 24.0 Å². The van der Waals surface area contributed by atoms with E-state index in [0.717, 1.165) is 16.8 Å². The number of amides is 2. The molecule has 2 amide bonds. The number of hydrogen-bond donors (Lipinski definition) is 2. The Kier molecular flexibility index (Phi) is 5.87. The number of ether oxygens (including phenoxy) is 1. The van der Waals surface area contributed by atoms with Gasteiger partial charge in [0.15, 0.2) is 0 Å². The van der Waals surface area contributed by atoms with Crippen LogP contribution in [0.1, 0.15) is 39.8 Å². The number of carboxylic acid groups (broad SMARTS) is 1. The fourth-order valence-corrected chi connectivity index (χ4v) is 4.79. The van der Waals surface area contributed by atoms with E-state index in [1.54, 1.807) is 25.0 Å². The molecule has 170 valence electrons. The van der Waals surface area contributed by atoms with Crippen LogP contribution in [0.4, 0.5) is 5.69 Å². The minimum atomic E-state index is -0.881. The third-order valence-electron chi connectivity index (χ3n) is 6.10. The molecule has 5 rings (SSSR count). The minimum absolute atomic E-state index is 0.0967.